The molecular weight excluding hydrogens is 254 g/mol. The maximum absolute atomic E-state index is 11.2. The summed E-state index contributed by atoms with van der Waals surface area (Å²) in [6.45, 7) is 6.90. The van der Waals surface area contributed by atoms with Crippen molar-refractivity contribution in [3.8, 4) is 0 Å². The molecular formula is C15H23N3O2. The highest BCUT2D eigenvalue weighted by atomic mass is 16.5. The lowest BCUT2D eigenvalue weighted by molar-refractivity contribution is 0.0937. The number of hydrogen-bond acceptors (Lipinski definition) is 4. The number of hydrogen-bond donors (Lipinski definition) is 1. The lowest BCUT2D eigenvalue weighted by Crippen LogP contribution is -2.46. The number of nitrogens with zero attached hydrogens (tertiary/aromatic N) is 2. The monoisotopic (exact) mass is 277 g/mol. The summed E-state index contributed by atoms with van der Waals surface area (Å²) in [6, 6.07) is 7.59. The van der Waals surface area contributed by atoms with Crippen LogP contribution in [-0.2, 0) is 11.3 Å². The number of amides is 1. The third-order valence-electron chi connectivity index (χ3n) is 3.69. The Morgan fingerprint density at radius 1 is 1.25 bits per heavy atom. The SMILES string of the molecule is COCCN1CCN(Cc2cccc(C(N)=O)c2)CC1. The molecule has 1 heterocycles. The van der Waals surface area contributed by atoms with Crippen molar-refractivity contribution >= 4 is 5.91 Å². The molecule has 0 bridgehead atoms. The van der Waals surface area contributed by atoms with E-state index in [2.05, 4.69) is 9.80 Å². The molecule has 0 aromatic heterocycles. The molecule has 1 aliphatic rings. The van der Waals surface area contributed by atoms with Crippen molar-refractivity contribution in [1.29, 1.82) is 0 Å². The number of rotatable bonds is 6. The summed E-state index contributed by atoms with van der Waals surface area (Å²) in [6.07, 6.45) is 0. The van der Waals surface area contributed by atoms with Gasteiger partial charge in [0.05, 0.1) is 6.61 Å². The summed E-state index contributed by atoms with van der Waals surface area (Å²) < 4.78 is 5.10. The second-order valence-electron chi connectivity index (χ2n) is 5.18. The first kappa shape index (κ1) is 15.0. The molecule has 1 aliphatic heterocycles. The van der Waals surface area contributed by atoms with Gasteiger partial charge in [-0.2, -0.15) is 0 Å². The summed E-state index contributed by atoms with van der Waals surface area (Å²) in [4.78, 5) is 16.0. The van der Waals surface area contributed by atoms with E-state index in [-0.39, 0.29) is 5.91 Å². The van der Waals surface area contributed by atoms with E-state index in [1.807, 2.05) is 18.2 Å². The van der Waals surface area contributed by atoms with Crippen LogP contribution in [0.15, 0.2) is 24.3 Å². The Labute approximate surface area is 120 Å². The minimum absolute atomic E-state index is 0.365. The van der Waals surface area contributed by atoms with Gasteiger partial charge in [0.15, 0.2) is 0 Å². The van der Waals surface area contributed by atoms with Crippen LogP contribution >= 0.6 is 0 Å². The Kier molecular flexibility index (Phi) is 5.52. The first-order chi connectivity index (χ1) is 9.69. The summed E-state index contributed by atoms with van der Waals surface area (Å²) >= 11 is 0. The van der Waals surface area contributed by atoms with E-state index in [9.17, 15) is 4.79 Å². The number of carbonyl (C=O) groups excluding carboxylic acids is 1. The van der Waals surface area contributed by atoms with Gasteiger partial charge in [-0.15, -0.1) is 0 Å². The van der Waals surface area contributed by atoms with Gasteiger partial charge in [0.2, 0.25) is 5.91 Å². The van der Waals surface area contributed by atoms with Crippen molar-refractivity contribution in [2.24, 2.45) is 5.73 Å². The van der Waals surface area contributed by atoms with E-state index in [1.54, 1.807) is 13.2 Å². The molecule has 5 nitrogen and oxygen atoms in total. The van der Waals surface area contributed by atoms with E-state index in [1.165, 1.54) is 0 Å². The fourth-order valence-corrected chi connectivity index (χ4v) is 2.47. The zero-order chi connectivity index (χ0) is 14.4. The molecule has 0 atom stereocenters. The van der Waals surface area contributed by atoms with E-state index >= 15 is 0 Å². The van der Waals surface area contributed by atoms with Crippen LogP contribution in [0.2, 0.25) is 0 Å². The number of ether oxygens (including phenoxy) is 1. The maximum Gasteiger partial charge on any atom is 0.248 e. The quantitative estimate of drug-likeness (QED) is 0.825. The topological polar surface area (TPSA) is 58.8 Å². The van der Waals surface area contributed by atoms with Crippen LogP contribution in [0.3, 0.4) is 0 Å². The fourth-order valence-electron chi connectivity index (χ4n) is 2.47. The average molecular weight is 277 g/mol. The van der Waals surface area contributed by atoms with Crippen molar-refractivity contribution in [3.63, 3.8) is 0 Å². The van der Waals surface area contributed by atoms with Crippen molar-refractivity contribution in [1.82, 2.24) is 9.80 Å². The predicted octanol–water partition coefficient (Wildman–Crippen LogP) is 0.550. The smallest absolute Gasteiger partial charge is 0.248 e. The van der Waals surface area contributed by atoms with E-state index in [0.29, 0.717) is 5.56 Å². The number of nitrogens with two attached hydrogens (primary N) is 1. The molecule has 0 spiro atoms. The van der Waals surface area contributed by atoms with Crippen molar-refractivity contribution in [3.05, 3.63) is 35.4 Å². The largest absolute Gasteiger partial charge is 0.383 e. The van der Waals surface area contributed by atoms with Crippen LogP contribution < -0.4 is 5.73 Å². The molecule has 110 valence electrons. The minimum Gasteiger partial charge on any atom is -0.383 e. The second-order valence-corrected chi connectivity index (χ2v) is 5.18. The predicted molar refractivity (Wildman–Crippen MR) is 78.6 cm³/mol. The molecule has 1 amide bonds. The Bertz CT molecular complexity index is 442. The van der Waals surface area contributed by atoms with Crippen molar-refractivity contribution in [2.75, 3.05) is 46.4 Å². The third kappa shape index (κ3) is 4.30. The lowest BCUT2D eigenvalue weighted by Gasteiger charge is -2.34. The standard InChI is InChI=1S/C15H23N3O2/c1-20-10-9-17-5-7-18(8-6-17)12-13-3-2-4-14(11-13)15(16)19/h2-4,11H,5-10,12H2,1H3,(H2,16,19). The maximum atomic E-state index is 11.2. The Morgan fingerprint density at radius 3 is 2.60 bits per heavy atom. The van der Waals surface area contributed by atoms with Crippen LogP contribution in [-0.4, -0.2) is 62.1 Å². The Morgan fingerprint density at radius 2 is 1.95 bits per heavy atom. The number of methoxy groups -OCH3 is 1. The van der Waals surface area contributed by atoms with Crippen LogP contribution in [0.4, 0.5) is 0 Å². The zero-order valence-corrected chi connectivity index (χ0v) is 12.0. The van der Waals surface area contributed by atoms with Gasteiger partial charge in [-0.25, -0.2) is 0 Å². The van der Waals surface area contributed by atoms with Gasteiger partial charge in [-0.05, 0) is 17.7 Å². The van der Waals surface area contributed by atoms with Crippen molar-refractivity contribution in [2.45, 2.75) is 6.54 Å². The van der Waals surface area contributed by atoms with Gasteiger partial charge in [0.1, 0.15) is 0 Å². The summed E-state index contributed by atoms with van der Waals surface area (Å²) in [5.41, 5.74) is 7.04. The van der Waals surface area contributed by atoms with Crippen LogP contribution in [0.25, 0.3) is 0 Å². The normalized spacial score (nSPS) is 17.2. The first-order valence-electron chi connectivity index (χ1n) is 7.01. The highest BCUT2D eigenvalue weighted by Crippen LogP contribution is 2.10. The number of piperazine rings is 1. The van der Waals surface area contributed by atoms with E-state index in [4.69, 9.17) is 10.5 Å². The minimum atomic E-state index is -0.365. The molecule has 20 heavy (non-hydrogen) atoms. The van der Waals surface area contributed by atoms with Crippen LogP contribution in [0.5, 0.6) is 0 Å². The number of carbonyl (C=O) groups is 1. The van der Waals surface area contributed by atoms with Gasteiger partial charge in [-0.3, -0.25) is 14.6 Å². The average Bonchev–Trinajstić information content (AvgIpc) is 2.47. The van der Waals surface area contributed by atoms with Crippen LogP contribution in [0, 0.1) is 0 Å². The lowest BCUT2D eigenvalue weighted by atomic mass is 10.1. The van der Waals surface area contributed by atoms with Gasteiger partial charge in [0.25, 0.3) is 0 Å². The molecule has 1 saturated heterocycles. The Balaban J connectivity index is 1.83. The summed E-state index contributed by atoms with van der Waals surface area (Å²) in [5, 5.41) is 0. The summed E-state index contributed by atoms with van der Waals surface area (Å²) in [7, 11) is 1.74. The van der Waals surface area contributed by atoms with Gasteiger partial charge < -0.3 is 10.5 Å². The highest BCUT2D eigenvalue weighted by Gasteiger charge is 2.16. The van der Waals surface area contributed by atoms with Crippen molar-refractivity contribution < 1.29 is 9.53 Å². The van der Waals surface area contributed by atoms with Gasteiger partial charge in [-0.1, -0.05) is 12.1 Å². The van der Waals surface area contributed by atoms with E-state index < -0.39 is 0 Å². The highest BCUT2D eigenvalue weighted by molar-refractivity contribution is 5.92. The molecule has 2 N–H and O–H groups in total. The molecule has 1 fully saturated rings. The molecule has 5 heteroatoms. The summed E-state index contributed by atoms with van der Waals surface area (Å²) in [5.74, 6) is -0.365. The second kappa shape index (κ2) is 7.38. The molecule has 2 rings (SSSR count). The molecule has 1 aromatic carbocycles. The Hall–Kier alpha value is -1.43. The van der Waals surface area contributed by atoms with Gasteiger partial charge in [0, 0.05) is 51.9 Å². The molecule has 0 aliphatic carbocycles. The number of primary amides is 1. The number of benzene rings is 1. The molecule has 0 unspecified atom stereocenters. The zero-order valence-electron chi connectivity index (χ0n) is 12.0. The van der Waals surface area contributed by atoms with Crippen LogP contribution in [0.1, 0.15) is 15.9 Å². The first-order valence-corrected chi connectivity index (χ1v) is 7.01. The third-order valence-corrected chi connectivity index (χ3v) is 3.69. The van der Waals surface area contributed by atoms with Gasteiger partial charge >= 0.3 is 0 Å². The molecule has 0 radical (unpaired) electrons. The molecule has 1 aromatic rings. The fraction of sp³-hybridized carbons (Fsp3) is 0.533. The molecule has 0 saturated carbocycles. The van der Waals surface area contributed by atoms with E-state index in [0.717, 1.165) is 51.4 Å².